The normalized spacial score (nSPS) is 20.6. The summed E-state index contributed by atoms with van der Waals surface area (Å²) < 4.78 is 12.0. The molecule has 1 aliphatic heterocycles. The lowest BCUT2D eigenvalue weighted by molar-refractivity contribution is 0.00578. The summed E-state index contributed by atoms with van der Waals surface area (Å²) in [5.41, 5.74) is -0.339. The van der Waals surface area contributed by atoms with E-state index in [1.165, 1.54) is 57.8 Å². The molecule has 0 unspecified atom stereocenters. The molecule has 1 aliphatic rings. The van der Waals surface area contributed by atoms with Crippen LogP contribution in [0.25, 0.3) is 0 Å². The monoisotopic (exact) mass is 282 g/mol. The average Bonchev–Trinajstić information content (AvgIpc) is 2.56. The van der Waals surface area contributed by atoms with Crippen molar-refractivity contribution in [3.05, 3.63) is 0 Å². The van der Waals surface area contributed by atoms with Gasteiger partial charge in [0.05, 0.1) is 11.2 Å². The number of unbranched alkanes of at least 4 members (excludes halogenated alkanes) is 8. The molecular formula is C17H35BO2. The molecule has 1 rings (SSSR count). The zero-order valence-electron chi connectivity index (χ0n) is 14.5. The molecule has 118 valence electrons. The zero-order valence-corrected chi connectivity index (χ0v) is 14.5. The van der Waals surface area contributed by atoms with E-state index >= 15 is 0 Å². The van der Waals surface area contributed by atoms with Crippen molar-refractivity contribution in [2.75, 3.05) is 0 Å². The fourth-order valence-electron chi connectivity index (χ4n) is 2.70. The van der Waals surface area contributed by atoms with E-state index in [2.05, 4.69) is 34.6 Å². The molecule has 0 aliphatic carbocycles. The molecule has 0 spiro atoms. The quantitative estimate of drug-likeness (QED) is 0.383. The minimum absolute atomic E-state index is 0.00422. The van der Waals surface area contributed by atoms with Crippen molar-refractivity contribution in [3.8, 4) is 0 Å². The van der Waals surface area contributed by atoms with Crippen LogP contribution in [0.3, 0.4) is 0 Å². The Kier molecular flexibility index (Phi) is 7.60. The van der Waals surface area contributed by atoms with E-state index in [9.17, 15) is 0 Å². The van der Waals surface area contributed by atoms with Gasteiger partial charge in [-0.3, -0.25) is 0 Å². The Balaban J connectivity index is 1.98. The molecule has 1 saturated heterocycles. The van der Waals surface area contributed by atoms with Crippen LogP contribution in [0.2, 0.25) is 6.32 Å². The zero-order chi connectivity index (χ0) is 15.1. The van der Waals surface area contributed by atoms with Gasteiger partial charge in [-0.1, -0.05) is 64.7 Å². The van der Waals surface area contributed by atoms with Crippen molar-refractivity contribution in [1.29, 1.82) is 0 Å². The first-order valence-corrected chi connectivity index (χ1v) is 8.75. The van der Waals surface area contributed by atoms with Crippen LogP contribution in [-0.2, 0) is 9.31 Å². The maximum absolute atomic E-state index is 6.01. The van der Waals surface area contributed by atoms with Crippen LogP contribution in [0.1, 0.15) is 92.4 Å². The summed E-state index contributed by atoms with van der Waals surface area (Å²) in [6.07, 6.45) is 13.4. The lowest BCUT2D eigenvalue weighted by Gasteiger charge is -2.32. The minimum Gasteiger partial charge on any atom is -0.403 e. The van der Waals surface area contributed by atoms with Crippen molar-refractivity contribution in [1.82, 2.24) is 0 Å². The fraction of sp³-hybridized carbons (Fsp3) is 1.00. The molecule has 0 saturated carbocycles. The van der Waals surface area contributed by atoms with Gasteiger partial charge in [-0.25, -0.2) is 0 Å². The minimum atomic E-state index is -0.170. The van der Waals surface area contributed by atoms with Crippen LogP contribution in [0, 0.1) is 0 Å². The molecule has 0 aromatic carbocycles. The first-order chi connectivity index (χ1) is 9.39. The largest absolute Gasteiger partial charge is 0.457 e. The van der Waals surface area contributed by atoms with Crippen LogP contribution in [0.15, 0.2) is 0 Å². The average molecular weight is 282 g/mol. The maximum Gasteiger partial charge on any atom is 0.457 e. The summed E-state index contributed by atoms with van der Waals surface area (Å²) in [5.74, 6) is 0. The lowest BCUT2D eigenvalue weighted by Crippen LogP contribution is -2.41. The van der Waals surface area contributed by atoms with Gasteiger partial charge < -0.3 is 9.31 Å². The lowest BCUT2D eigenvalue weighted by atomic mass is 9.82. The topological polar surface area (TPSA) is 18.5 Å². The molecule has 20 heavy (non-hydrogen) atoms. The summed E-state index contributed by atoms with van der Waals surface area (Å²) in [7, 11) is 0.00422. The molecule has 0 atom stereocenters. The Morgan fingerprint density at radius 1 is 0.650 bits per heavy atom. The highest BCUT2D eigenvalue weighted by atomic mass is 16.7. The third-order valence-electron chi connectivity index (χ3n) is 4.85. The molecule has 0 aromatic rings. The second-order valence-corrected chi connectivity index (χ2v) is 7.30. The molecule has 3 heteroatoms. The van der Waals surface area contributed by atoms with Crippen molar-refractivity contribution in [3.63, 3.8) is 0 Å². The van der Waals surface area contributed by atoms with E-state index in [1.807, 2.05) is 0 Å². The van der Waals surface area contributed by atoms with Crippen LogP contribution in [-0.4, -0.2) is 18.3 Å². The molecular weight excluding hydrogens is 247 g/mol. The van der Waals surface area contributed by atoms with Gasteiger partial charge in [-0.2, -0.15) is 0 Å². The SMILES string of the molecule is CCCCCCCCCCCB1OC(C)(C)C(C)(C)O1. The number of rotatable bonds is 10. The molecule has 1 fully saturated rings. The van der Waals surface area contributed by atoms with Crippen molar-refractivity contribution >= 4 is 7.12 Å². The van der Waals surface area contributed by atoms with Crippen molar-refractivity contribution < 1.29 is 9.31 Å². The summed E-state index contributed by atoms with van der Waals surface area (Å²) in [6, 6.07) is 0. The predicted molar refractivity (Wildman–Crippen MR) is 88.1 cm³/mol. The Morgan fingerprint density at radius 2 is 1.05 bits per heavy atom. The van der Waals surface area contributed by atoms with Crippen LogP contribution >= 0.6 is 0 Å². The van der Waals surface area contributed by atoms with Gasteiger partial charge in [0, 0.05) is 0 Å². The molecule has 2 nitrogen and oxygen atoms in total. The molecule has 0 N–H and O–H groups in total. The van der Waals surface area contributed by atoms with Crippen LogP contribution in [0.5, 0.6) is 0 Å². The van der Waals surface area contributed by atoms with Crippen molar-refractivity contribution in [2.24, 2.45) is 0 Å². The van der Waals surface area contributed by atoms with E-state index in [0.717, 1.165) is 6.32 Å². The first kappa shape index (κ1) is 18.0. The van der Waals surface area contributed by atoms with Gasteiger partial charge >= 0.3 is 7.12 Å². The fourth-order valence-corrected chi connectivity index (χ4v) is 2.70. The third kappa shape index (κ3) is 5.77. The highest BCUT2D eigenvalue weighted by Gasteiger charge is 2.50. The Hall–Kier alpha value is -0.0151. The highest BCUT2D eigenvalue weighted by Crippen LogP contribution is 2.38. The van der Waals surface area contributed by atoms with E-state index in [1.54, 1.807) is 0 Å². The van der Waals surface area contributed by atoms with Crippen LogP contribution in [0.4, 0.5) is 0 Å². The van der Waals surface area contributed by atoms with E-state index in [0.29, 0.717) is 0 Å². The van der Waals surface area contributed by atoms with Gasteiger partial charge in [0.2, 0.25) is 0 Å². The highest BCUT2D eigenvalue weighted by molar-refractivity contribution is 6.45. The first-order valence-electron chi connectivity index (χ1n) is 8.75. The number of hydrogen-bond donors (Lipinski definition) is 0. The second kappa shape index (κ2) is 8.43. The Bertz CT molecular complexity index is 248. The molecule has 1 heterocycles. The summed E-state index contributed by atoms with van der Waals surface area (Å²) in [6.45, 7) is 10.8. The van der Waals surface area contributed by atoms with Crippen molar-refractivity contribution in [2.45, 2.75) is 110 Å². The van der Waals surface area contributed by atoms with Gasteiger partial charge in [0.1, 0.15) is 0 Å². The Labute approximate surface area is 127 Å². The molecule has 0 radical (unpaired) electrons. The standard InChI is InChI=1S/C17H35BO2/c1-6-7-8-9-10-11-12-13-14-15-18-19-16(2,3)17(4,5)20-18/h6-15H2,1-5H3. The van der Waals surface area contributed by atoms with Gasteiger partial charge in [0.15, 0.2) is 0 Å². The van der Waals surface area contributed by atoms with E-state index < -0.39 is 0 Å². The third-order valence-corrected chi connectivity index (χ3v) is 4.85. The maximum atomic E-state index is 6.01. The van der Waals surface area contributed by atoms with Gasteiger partial charge in [-0.05, 0) is 34.0 Å². The molecule has 0 amide bonds. The summed E-state index contributed by atoms with van der Waals surface area (Å²) in [4.78, 5) is 0. The Morgan fingerprint density at radius 3 is 1.50 bits per heavy atom. The van der Waals surface area contributed by atoms with Gasteiger partial charge in [-0.15, -0.1) is 0 Å². The van der Waals surface area contributed by atoms with Crippen LogP contribution < -0.4 is 0 Å². The second-order valence-electron chi connectivity index (χ2n) is 7.30. The molecule has 0 bridgehead atoms. The smallest absolute Gasteiger partial charge is 0.403 e. The predicted octanol–water partition coefficient (Wildman–Crippen LogP) is 5.61. The number of hydrogen-bond acceptors (Lipinski definition) is 2. The summed E-state index contributed by atoms with van der Waals surface area (Å²) >= 11 is 0. The van der Waals surface area contributed by atoms with Gasteiger partial charge in [0.25, 0.3) is 0 Å². The summed E-state index contributed by atoms with van der Waals surface area (Å²) in [5, 5.41) is 0. The van der Waals surface area contributed by atoms with E-state index in [4.69, 9.17) is 9.31 Å². The molecule has 0 aromatic heterocycles. The van der Waals surface area contributed by atoms with E-state index in [-0.39, 0.29) is 18.3 Å².